The summed E-state index contributed by atoms with van der Waals surface area (Å²) in [5, 5.41) is 3.81. The minimum atomic E-state index is -0.922. The van der Waals surface area contributed by atoms with E-state index >= 15 is 0 Å². The van der Waals surface area contributed by atoms with Gasteiger partial charge >= 0.3 is 0 Å². The highest BCUT2D eigenvalue weighted by atomic mass is 35.5. The summed E-state index contributed by atoms with van der Waals surface area (Å²) >= 11 is 13.5. The number of benzene rings is 2. The molecule has 0 saturated heterocycles. The fraction of sp³-hybridized carbons (Fsp3) is 0.176. The molecule has 6 heteroatoms. The van der Waals surface area contributed by atoms with Crippen LogP contribution in [0.3, 0.4) is 0 Å². The maximum Gasteiger partial charge on any atom is 0.230 e. The highest BCUT2D eigenvalue weighted by Gasteiger charge is 2.56. The standard InChI is InChI=1S/C17H12Cl2N2OS/c18-17(19)9-11(17)15(22)20-12-6-2-1-5-10(12)16-21-13-7-3-4-8-14(13)23-16/h1-8,11H,9H2,(H,20,22). The van der Waals surface area contributed by atoms with Crippen molar-refractivity contribution in [3.05, 3.63) is 48.5 Å². The summed E-state index contributed by atoms with van der Waals surface area (Å²) in [5.74, 6) is -0.502. The van der Waals surface area contributed by atoms with E-state index < -0.39 is 4.33 Å². The number of nitrogens with zero attached hydrogens (tertiary/aromatic N) is 1. The molecule has 1 saturated carbocycles. The van der Waals surface area contributed by atoms with E-state index in [1.165, 1.54) is 0 Å². The van der Waals surface area contributed by atoms with Crippen LogP contribution in [0, 0.1) is 5.92 Å². The third-order valence-electron chi connectivity index (χ3n) is 3.85. The van der Waals surface area contributed by atoms with Gasteiger partial charge in [-0.15, -0.1) is 34.5 Å². The number of anilines is 1. The summed E-state index contributed by atoms with van der Waals surface area (Å²) in [5.41, 5.74) is 2.58. The largest absolute Gasteiger partial charge is 0.325 e. The molecule has 0 spiro atoms. The Kier molecular flexibility index (Phi) is 3.56. The second-order valence-corrected chi connectivity index (χ2v) is 8.11. The van der Waals surface area contributed by atoms with E-state index in [9.17, 15) is 4.79 Å². The molecule has 116 valence electrons. The Hall–Kier alpha value is -1.62. The summed E-state index contributed by atoms with van der Waals surface area (Å²) in [6, 6.07) is 15.6. The molecular formula is C17H12Cl2N2OS. The molecule has 3 nitrogen and oxygen atoms in total. The molecule has 1 fully saturated rings. The molecule has 1 aliphatic rings. The number of carbonyl (C=O) groups excluding carboxylic acids is 1. The van der Waals surface area contributed by atoms with Gasteiger partial charge in [0.1, 0.15) is 9.34 Å². The Labute approximate surface area is 147 Å². The Morgan fingerprint density at radius 3 is 2.61 bits per heavy atom. The monoisotopic (exact) mass is 362 g/mol. The van der Waals surface area contributed by atoms with Crippen LogP contribution in [0.15, 0.2) is 48.5 Å². The highest BCUT2D eigenvalue weighted by molar-refractivity contribution is 7.21. The molecule has 1 aliphatic carbocycles. The van der Waals surface area contributed by atoms with Gasteiger partial charge in [-0.2, -0.15) is 0 Å². The predicted molar refractivity (Wildman–Crippen MR) is 96.2 cm³/mol. The van der Waals surface area contributed by atoms with Crippen molar-refractivity contribution < 1.29 is 4.79 Å². The van der Waals surface area contributed by atoms with Gasteiger partial charge < -0.3 is 5.32 Å². The number of thiazole rings is 1. The molecule has 1 amide bonds. The fourth-order valence-electron chi connectivity index (χ4n) is 2.48. The lowest BCUT2D eigenvalue weighted by molar-refractivity contribution is -0.117. The van der Waals surface area contributed by atoms with E-state index in [1.807, 2.05) is 48.5 Å². The van der Waals surface area contributed by atoms with Crippen LogP contribution < -0.4 is 5.32 Å². The second-order valence-electron chi connectivity index (χ2n) is 5.54. The van der Waals surface area contributed by atoms with Crippen molar-refractivity contribution in [2.75, 3.05) is 5.32 Å². The number of hydrogen-bond donors (Lipinski definition) is 1. The number of amides is 1. The van der Waals surface area contributed by atoms with Crippen molar-refractivity contribution in [3.8, 4) is 10.6 Å². The average molecular weight is 363 g/mol. The maximum absolute atomic E-state index is 12.2. The third-order valence-corrected chi connectivity index (χ3v) is 5.76. The molecule has 3 aromatic rings. The Morgan fingerprint density at radius 1 is 1.17 bits per heavy atom. The van der Waals surface area contributed by atoms with Crippen molar-refractivity contribution in [2.45, 2.75) is 10.8 Å². The molecule has 1 atom stereocenters. The number of carbonyl (C=O) groups is 1. The summed E-state index contributed by atoms with van der Waals surface area (Å²) in [6.07, 6.45) is 0.491. The van der Waals surface area contributed by atoms with E-state index in [4.69, 9.17) is 23.2 Å². The van der Waals surface area contributed by atoms with Crippen molar-refractivity contribution in [1.29, 1.82) is 0 Å². The number of hydrogen-bond acceptors (Lipinski definition) is 3. The molecule has 1 N–H and O–H groups in total. The van der Waals surface area contributed by atoms with Gasteiger partial charge in [0.25, 0.3) is 0 Å². The lowest BCUT2D eigenvalue weighted by atomic mass is 10.2. The van der Waals surface area contributed by atoms with Crippen LogP contribution in [0.5, 0.6) is 0 Å². The van der Waals surface area contributed by atoms with Gasteiger partial charge in [0, 0.05) is 5.56 Å². The van der Waals surface area contributed by atoms with E-state index in [0.717, 1.165) is 26.5 Å². The minimum Gasteiger partial charge on any atom is -0.325 e. The van der Waals surface area contributed by atoms with Gasteiger partial charge in [0.15, 0.2) is 0 Å². The summed E-state index contributed by atoms with van der Waals surface area (Å²) in [7, 11) is 0. The first-order valence-electron chi connectivity index (χ1n) is 7.18. The second kappa shape index (κ2) is 5.48. The van der Waals surface area contributed by atoms with Gasteiger partial charge in [-0.3, -0.25) is 4.79 Å². The van der Waals surface area contributed by atoms with Gasteiger partial charge in [-0.05, 0) is 30.7 Å². The zero-order valence-corrected chi connectivity index (χ0v) is 14.3. The SMILES string of the molecule is O=C(Nc1ccccc1-c1nc2ccccc2s1)C1CC1(Cl)Cl. The zero-order chi connectivity index (χ0) is 16.0. The first-order chi connectivity index (χ1) is 11.0. The van der Waals surface area contributed by atoms with Gasteiger partial charge in [-0.1, -0.05) is 24.3 Å². The summed E-state index contributed by atoms with van der Waals surface area (Å²) in [4.78, 5) is 16.9. The van der Waals surface area contributed by atoms with Crippen molar-refractivity contribution >= 4 is 56.3 Å². The van der Waals surface area contributed by atoms with Crippen LogP contribution >= 0.6 is 34.5 Å². The summed E-state index contributed by atoms with van der Waals surface area (Å²) in [6.45, 7) is 0. The lowest BCUT2D eigenvalue weighted by Crippen LogP contribution is -2.17. The number of nitrogens with one attached hydrogen (secondary N) is 1. The van der Waals surface area contributed by atoms with E-state index in [2.05, 4.69) is 10.3 Å². The van der Waals surface area contributed by atoms with Crippen LogP contribution in [0.25, 0.3) is 20.8 Å². The van der Waals surface area contributed by atoms with Gasteiger partial charge in [-0.25, -0.2) is 4.98 Å². The van der Waals surface area contributed by atoms with Crippen LogP contribution in [-0.4, -0.2) is 15.2 Å². The Morgan fingerprint density at radius 2 is 1.87 bits per heavy atom. The molecule has 0 radical (unpaired) electrons. The zero-order valence-electron chi connectivity index (χ0n) is 11.9. The van der Waals surface area contributed by atoms with Crippen molar-refractivity contribution in [3.63, 3.8) is 0 Å². The fourth-order valence-corrected chi connectivity index (χ4v) is 4.00. The first-order valence-corrected chi connectivity index (χ1v) is 8.75. The topological polar surface area (TPSA) is 42.0 Å². The summed E-state index contributed by atoms with van der Waals surface area (Å²) < 4.78 is 0.195. The first kappa shape index (κ1) is 14.9. The number of fused-ring (bicyclic) bond motifs is 1. The van der Waals surface area contributed by atoms with Crippen LogP contribution in [0.2, 0.25) is 0 Å². The lowest BCUT2D eigenvalue weighted by Gasteiger charge is -2.09. The molecule has 0 bridgehead atoms. The third kappa shape index (κ3) is 2.82. The minimum absolute atomic E-state index is 0.149. The Balaban J connectivity index is 1.68. The molecule has 4 rings (SSSR count). The molecule has 2 aromatic carbocycles. The van der Waals surface area contributed by atoms with Crippen LogP contribution in [0.1, 0.15) is 6.42 Å². The normalized spacial score (nSPS) is 18.8. The maximum atomic E-state index is 12.2. The average Bonchev–Trinajstić information content (AvgIpc) is 2.99. The molecule has 1 unspecified atom stereocenters. The molecule has 1 aromatic heterocycles. The quantitative estimate of drug-likeness (QED) is 0.658. The van der Waals surface area contributed by atoms with Crippen molar-refractivity contribution in [2.24, 2.45) is 5.92 Å². The Bertz CT molecular complexity index is 873. The molecule has 0 aliphatic heterocycles. The predicted octanol–water partition coefficient (Wildman–Crippen LogP) is 5.10. The molecule has 23 heavy (non-hydrogen) atoms. The molecule has 1 heterocycles. The number of aromatic nitrogens is 1. The van der Waals surface area contributed by atoms with E-state index in [1.54, 1.807) is 11.3 Å². The number of halogens is 2. The van der Waals surface area contributed by atoms with Crippen molar-refractivity contribution in [1.82, 2.24) is 4.98 Å². The van der Waals surface area contributed by atoms with Gasteiger partial charge in [0.2, 0.25) is 5.91 Å². The number of para-hydroxylation sites is 2. The smallest absolute Gasteiger partial charge is 0.230 e. The number of rotatable bonds is 3. The molecular weight excluding hydrogens is 351 g/mol. The highest BCUT2D eigenvalue weighted by Crippen LogP contribution is 2.53. The van der Waals surface area contributed by atoms with Crippen LogP contribution in [0.4, 0.5) is 5.69 Å². The van der Waals surface area contributed by atoms with E-state index in [0.29, 0.717) is 6.42 Å². The van der Waals surface area contributed by atoms with Crippen LogP contribution in [-0.2, 0) is 4.79 Å². The van der Waals surface area contributed by atoms with E-state index in [-0.39, 0.29) is 11.8 Å². The number of alkyl halides is 2. The van der Waals surface area contributed by atoms with Gasteiger partial charge in [0.05, 0.1) is 21.8 Å².